The van der Waals surface area contributed by atoms with Crippen molar-refractivity contribution < 1.29 is 19.3 Å². The molecule has 2 aliphatic rings. The highest BCUT2D eigenvalue weighted by atomic mass is 16.7. The van der Waals surface area contributed by atoms with Crippen LogP contribution in [-0.4, -0.2) is 53.2 Å². The van der Waals surface area contributed by atoms with Crippen LogP contribution in [0.4, 0.5) is 0 Å². The van der Waals surface area contributed by atoms with Crippen LogP contribution in [0.3, 0.4) is 0 Å². The van der Waals surface area contributed by atoms with Gasteiger partial charge in [-0.3, -0.25) is 0 Å². The minimum Gasteiger partial charge on any atom is -0.454 e. The number of benzene rings is 1. The van der Waals surface area contributed by atoms with E-state index >= 15 is 0 Å². The first-order chi connectivity index (χ1) is 14.9. The summed E-state index contributed by atoms with van der Waals surface area (Å²) in [6.07, 6.45) is 2.11. The highest BCUT2D eigenvalue weighted by Gasteiger charge is 2.37. The van der Waals surface area contributed by atoms with Crippen LogP contribution in [-0.2, 0) is 12.1 Å². The van der Waals surface area contributed by atoms with Gasteiger partial charge in [0.2, 0.25) is 12.6 Å². The zero-order valence-corrected chi connectivity index (χ0v) is 19.6. The van der Waals surface area contributed by atoms with Crippen LogP contribution >= 0.6 is 0 Å². The molecule has 1 aromatic heterocycles. The van der Waals surface area contributed by atoms with Crippen LogP contribution in [0.2, 0.25) is 0 Å². The molecule has 8 nitrogen and oxygen atoms in total. The number of ether oxygens (including phenoxy) is 2. The summed E-state index contributed by atoms with van der Waals surface area (Å²) in [5.41, 5.74) is 1.25. The predicted octanol–water partition coefficient (Wildman–Crippen LogP) is 0.618. The molecule has 0 aliphatic carbocycles. The Labute approximate surface area is 185 Å². The number of rotatable bonds is 8. The van der Waals surface area contributed by atoms with E-state index < -0.39 is 0 Å². The zero-order valence-electron chi connectivity index (χ0n) is 19.6. The Kier molecular flexibility index (Phi) is 6.48. The van der Waals surface area contributed by atoms with Crippen molar-refractivity contribution in [1.29, 1.82) is 0 Å². The van der Waals surface area contributed by atoms with E-state index in [4.69, 9.17) is 9.47 Å². The number of piperazine rings is 1. The number of fused-ring (bicyclic) bond motifs is 1. The number of nitrogens with one attached hydrogen (secondary N) is 2. The van der Waals surface area contributed by atoms with Crippen LogP contribution in [0.5, 0.6) is 11.5 Å². The van der Waals surface area contributed by atoms with E-state index in [2.05, 4.69) is 67.0 Å². The summed E-state index contributed by atoms with van der Waals surface area (Å²) in [6, 6.07) is 6.68. The van der Waals surface area contributed by atoms with E-state index in [9.17, 15) is 0 Å². The zero-order chi connectivity index (χ0) is 22.0. The first kappa shape index (κ1) is 22.0. The van der Waals surface area contributed by atoms with Crippen LogP contribution in [0.1, 0.15) is 64.9 Å². The van der Waals surface area contributed by atoms with Crippen LogP contribution in [0, 0.1) is 5.92 Å². The number of quaternary nitrogens is 2. The number of tetrazole rings is 1. The van der Waals surface area contributed by atoms with Gasteiger partial charge in [-0.1, -0.05) is 20.8 Å². The lowest BCUT2D eigenvalue weighted by Gasteiger charge is -2.36. The lowest BCUT2D eigenvalue weighted by Crippen LogP contribution is -3.27. The van der Waals surface area contributed by atoms with Crippen molar-refractivity contribution in [2.45, 2.75) is 65.6 Å². The Balaban J connectivity index is 1.43. The molecule has 2 N–H and O–H groups in total. The minimum atomic E-state index is -0.0695. The normalized spacial score (nSPS) is 22.1. The highest BCUT2D eigenvalue weighted by Crippen LogP contribution is 2.32. The number of aromatic nitrogens is 4. The lowest BCUT2D eigenvalue weighted by molar-refractivity contribution is -1.03. The topological polar surface area (TPSA) is 70.9 Å². The van der Waals surface area contributed by atoms with E-state index in [1.165, 1.54) is 5.56 Å². The van der Waals surface area contributed by atoms with Gasteiger partial charge in [-0.25, -0.2) is 4.68 Å². The van der Waals surface area contributed by atoms with Gasteiger partial charge in [-0.2, -0.15) is 0 Å². The second kappa shape index (κ2) is 9.12. The molecule has 31 heavy (non-hydrogen) atoms. The second-order valence-electron chi connectivity index (χ2n) is 10.1. The average Bonchev–Trinajstić information content (AvgIpc) is 3.42. The van der Waals surface area contributed by atoms with Gasteiger partial charge in [0.1, 0.15) is 32.7 Å². The molecular weight excluding hydrogens is 392 g/mol. The summed E-state index contributed by atoms with van der Waals surface area (Å²) >= 11 is 0. The molecule has 8 heteroatoms. The Morgan fingerprint density at radius 2 is 1.84 bits per heavy atom. The van der Waals surface area contributed by atoms with Crippen molar-refractivity contribution in [1.82, 2.24) is 20.2 Å². The third-order valence-corrected chi connectivity index (χ3v) is 6.93. The van der Waals surface area contributed by atoms with Crippen molar-refractivity contribution in [3.63, 3.8) is 0 Å². The largest absolute Gasteiger partial charge is 0.454 e. The van der Waals surface area contributed by atoms with Crippen molar-refractivity contribution in [3.05, 3.63) is 29.6 Å². The molecule has 0 bridgehead atoms. The molecule has 1 saturated heterocycles. The predicted molar refractivity (Wildman–Crippen MR) is 117 cm³/mol. The van der Waals surface area contributed by atoms with Gasteiger partial charge in [-0.15, -0.1) is 5.10 Å². The maximum Gasteiger partial charge on any atom is 0.231 e. The molecule has 170 valence electrons. The quantitative estimate of drug-likeness (QED) is 0.643. The Hall–Kier alpha value is -2.19. The average molecular weight is 431 g/mol. The summed E-state index contributed by atoms with van der Waals surface area (Å²) in [5.74, 6) is 3.39. The van der Waals surface area contributed by atoms with Crippen molar-refractivity contribution in [3.8, 4) is 11.5 Å². The fourth-order valence-electron chi connectivity index (χ4n) is 4.71. The maximum absolute atomic E-state index is 5.55. The minimum absolute atomic E-state index is 0.0695. The van der Waals surface area contributed by atoms with Gasteiger partial charge >= 0.3 is 0 Å². The Morgan fingerprint density at radius 1 is 1.10 bits per heavy atom. The first-order valence-corrected chi connectivity index (χ1v) is 11.7. The molecule has 3 heterocycles. The number of hydrogen-bond acceptors (Lipinski definition) is 5. The van der Waals surface area contributed by atoms with E-state index in [1.807, 2.05) is 6.07 Å². The molecule has 0 saturated carbocycles. The fraction of sp³-hybridized carbons (Fsp3) is 0.696. The summed E-state index contributed by atoms with van der Waals surface area (Å²) in [6.45, 7) is 17.2. The first-order valence-electron chi connectivity index (χ1n) is 11.7. The summed E-state index contributed by atoms with van der Waals surface area (Å²) in [7, 11) is 0. The molecule has 1 fully saturated rings. The molecule has 0 unspecified atom stereocenters. The fourth-order valence-corrected chi connectivity index (χ4v) is 4.71. The molecular formula is C23H38N6O2+2. The van der Waals surface area contributed by atoms with Gasteiger partial charge < -0.3 is 19.3 Å². The third kappa shape index (κ3) is 4.85. The van der Waals surface area contributed by atoms with Gasteiger partial charge in [-0.05, 0) is 54.8 Å². The highest BCUT2D eigenvalue weighted by molar-refractivity contribution is 5.44. The SMILES string of the molecule is CCC(C)(C)n1nnnc1[C@@H](CC(C)C)[NH+]1CC[NH+](Cc2ccc3c(c2)OCO3)CC1. The maximum atomic E-state index is 5.55. The van der Waals surface area contributed by atoms with Gasteiger partial charge in [0, 0.05) is 12.0 Å². The smallest absolute Gasteiger partial charge is 0.231 e. The van der Waals surface area contributed by atoms with E-state index in [1.54, 1.807) is 9.80 Å². The van der Waals surface area contributed by atoms with Gasteiger partial charge in [0.05, 0.1) is 5.54 Å². The Bertz CT molecular complexity index is 873. The molecule has 0 amide bonds. The second-order valence-corrected chi connectivity index (χ2v) is 10.1. The molecule has 0 radical (unpaired) electrons. The Morgan fingerprint density at radius 3 is 2.55 bits per heavy atom. The molecule has 0 spiro atoms. The molecule has 2 aliphatic heterocycles. The lowest BCUT2D eigenvalue weighted by atomic mass is 9.98. The van der Waals surface area contributed by atoms with Crippen LogP contribution < -0.4 is 19.3 Å². The van der Waals surface area contributed by atoms with Gasteiger partial charge in [0.15, 0.2) is 17.5 Å². The van der Waals surface area contributed by atoms with Crippen molar-refractivity contribution in [2.24, 2.45) is 5.92 Å². The molecule has 2 aromatic rings. The van der Waals surface area contributed by atoms with E-state index in [0.717, 1.165) is 62.9 Å². The molecule has 1 aromatic carbocycles. The summed E-state index contributed by atoms with van der Waals surface area (Å²) in [4.78, 5) is 3.24. The summed E-state index contributed by atoms with van der Waals surface area (Å²) in [5, 5.41) is 13.0. The van der Waals surface area contributed by atoms with Crippen LogP contribution in [0.15, 0.2) is 18.2 Å². The standard InChI is InChI=1S/C23H36N6O2/c1-6-23(4,5)29-22(24-25-26-29)19(13-17(2)3)28-11-9-27(10-12-28)15-18-7-8-20-21(14-18)31-16-30-20/h7-8,14,17,19H,6,9-13,15-16H2,1-5H3/p+2/t19-/m1/s1. The van der Waals surface area contributed by atoms with Crippen molar-refractivity contribution in [2.75, 3.05) is 33.0 Å². The number of hydrogen-bond donors (Lipinski definition) is 2. The third-order valence-electron chi connectivity index (χ3n) is 6.93. The number of nitrogens with zero attached hydrogens (tertiary/aromatic N) is 4. The summed E-state index contributed by atoms with van der Waals surface area (Å²) < 4.78 is 13.1. The van der Waals surface area contributed by atoms with E-state index in [0.29, 0.717) is 18.8 Å². The van der Waals surface area contributed by atoms with E-state index in [-0.39, 0.29) is 5.54 Å². The monoisotopic (exact) mass is 430 g/mol. The van der Waals surface area contributed by atoms with Crippen LogP contribution in [0.25, 0.3) is 0 Å². The molecule has 1 atom stereocenters. The molecule has 4 rings (SSSR count). The van der Waals surface area contributed by atoms with Gasteiger partial charge in [0.25, 0.3) is 0 Å². The van der Waals surface area contributed by atoms with Crippen molar-refractivity contribution >= 4 is 0 Å².